The van der Waals surface area contributed by atoms with Crippen molar-refractivity contribution in [3.05, 3.63) is 231 Å². The first kappa shape index (κ1) is 74.0. The number of allylic oxidation sites excluding steroid dienone is 38. The van der Waals surface area contributed by atoms with Crippen LogP contribution in [0, 0.1) is 0 Å². The number of carbonyl (C=O) groups is 2. The number of hydrogen-bond acceptors (Lipinski definition) is 5. The van der Waals surface area contributed by atoms with E-state index in [4.69, 9.17) is 9.47 Å². The first-order chi connectivity index (χ1) is 39.6. The van der Waals surface area contributed by atoms with E-state index in [2.05, 4.69) is 245 Å². The van der Waals surface area contributed by atoms with Crippen LogP contribution >= 0.6 is 0 Å². The van der Waals surface area contributed by atoms with Crippen LogP contribution in [0.1, 0.15) is 206 Å². The van der Waals surface area contributed by atoms with E-state index in [1.165, 1.54) is 0 Å². The van der Waals surface area contributed by atoms with Crippen LogP contribution < -0.4 is 0 Å². The lowest BCUT2D eigenvalue weighted by atomic mass is 10.1. The molecule has 0 amide bonds. The van der Waals surface area contributed by atoms with Crippen molar-refractivity contribution in [1.29, 1.82) is 0 Å². The molecule has 440 valence electrons. The minimum atomic E-state index is -0.825. The van der Waals surface area contributed by atoms with Gasteiger partial charge in [-0.1, -0.05) is 264 Å². The molecule has 5 heteroatoms. The zero-order valence-corrected chi connectivity index (χ0v) is 50.2. The molecule has 0 spiro atoms. The Morgan fingerprint density at radius 3 is 0.775 bits per heavy atom. The number of aliphatic hydroxyl groups excluding tert-OH is 1. The summed E-state index contributed by atoms with van der Waals surface area (Å²) in [7, 11) is 0. The summed E-state index contributed by atoms with van der Waals surface area (Å²) in [6.45, 7) is 3.84. The summed E-state index contributed by atoms with van der Waals surface area (Å²) in [4.78, 5) is 24.6. The van der Waals surface area contributed by atoms with Gasteiger partial charge in [0.1, 0.15) is 6.61 Å². The van der Waals surface area contributed by atoms with E-state index in [0.717, 1.165) is 173 Å². The van der Waals surface area contributed by atoms with Gasteiger partial charge in [0.2, 0.25) is 0 Å². The summed E-state index contributed by atoms with van der Waals surface area (Å²) in [5, 5.41) is 9.66. The average molecular weight is 1090 g/mol. The Morgan fingerprint density at radius 2 is 0.500 bits per heavy atom. The van der Waals surface area contributed by atoms with Crippen molar-refractivity contribution >= 4 is 11.9 Å². The number of hydrogen-bond donors (Lipinski definition) is 1. The molecule has 0 heterocycles. The second-order valence-electron chi connectivity index (χ2n) is 19.3. The highest BCUT2D eigenvalue weighted by Gasteiger charge is 2.16. The van der Waals surface area contributed by atoms with Gasteiger partial charge in [0.05, 0.1) is 6.61 Å². The molecular weight excluding hydrogens is 981 g/mol. The van der Waals surface area contributed by atoms with Gasteiger partial charge < -0.3 is 14.6 Å². The van der Waals surface area contributed by atoms with Gasteiger partial charge in [-0.05, 0) is 161 Å². The molecule has 1 unspecified atom stereocenters. The number of unbranched alkanes of at least 4 members (excludes halogenated alkanes) is 7. The summed E-state index contributed by atoms with van der Waals surface area (Å²) >= 11 is 0. The maximum atomic E-state index is 12.3. The molecule has 1 atom stereocenters. The summed E-state index contributed by atoms with van der Waals surface area (Å²) in [6.07, 6.45) is 112. The SMILES string of the molecule is CC/C=C\C/C=C\C/C=C\C/C=C\C/C=C\C/C=C\C/C=C\C/C=C\C/C=C\C/C=C\C/C=C\C/C=C\CCCCC(=O)OC(CO)COC(=O)CCCCCCC/C=C\C/C=C\C/C=C\C/C=C\C/C=C\C/C=C\C/C=C\CC. The highest BCUT2D eigenvalue weighted by Crippen LogP contribution is 2.11. The standard InChI is InChI=1S/C75H110O5/c1-3-5-7-9-11-13-15-17-19-21-23-25-27-29-31-32-33-34-35-36-37-38-39-40-41-42-44-46-48-50-52-54-56-58-60-62-64-66-68-70-75(78)80-73(71-76)72-79-74(77)69-67-65-63-61-59-57-55-53-51-49-47-45-43-30-28-26-24-22-20-18-16-14-12-10-8-6-4-2/h5-8,11-14,17-20,23-26,29-31,33-34,36-37,39-40,42-44,47-50,53-56,60,62,73,76H,3-4,9-10,15-16,21-22,27-28,32,35,38,41,45-46,51-52,57-59,61,63-72H2,1-2H3/b7-5-,8-6-,13-11-,14-12-,19-17-,20-18-,25-23-,26-24-,31-29-,34-33-,37-36-,40-39-,43-30-,44-42-,49-47-,50-48-,55-53-,56-54-,62-60-. The van der Waals surface area contributed by atoms with E-state index in [0.29, 0.717) is 12.8 Å². The monoisotopic (exact) mass is 1090 g/mol. The van der Waals surface area contributed by atoms with Gasteiger partial charge >= 0.3 is 11.9 Å². The highest BCUT2D eigenvalue weighted by molar-refractivity contribution is 5.70. The van der Waals surface area contributed by atoms with E-state index < -0.39 is 6.10 Å². The third kappa shape index (κ3) is 64.5. The smallest absolute Gasteiger partial charge is 0.306 e. The van der Waals surface area contributed by atoms with Gasteiger partial charge in [-0.15, -0.1) is 0 Å². The van der Waals surface area contributed by atoms with Crippen molar-refractivity contribution in [2.75, 3.05) is 13.2 Å². The lowest BCUT2D eigenvalue weighted by molar-refractivity contribution is -0.161. The van der Waals surface area contributed by atoms with Crippen molar-refractivity contribution in [2.45, 2.75) is 213 Å². The molecule has 0 fully saturated rings. The predicted octanol–water partition coefficient (Wildman–Crippen LogP) is 21.7. The molecule has 0 saturated carbocycles. The van der Waals surface area contributed by atoms with Gasteiger partial charge in [-0.3, -0.25) is 9.59 Å². The van der Waals surface area contributed by atoms with Crippen LogP contribution in [0.15, 0.2) is 231 Å². The van der Waals surface area contributed by atoms with Gasteiger partial charge in [-0.25, -0.2) is 0 Å². The third-order valence-corrected chi connectivity index (χ3v) is 12.0. The molecule has 0 saturated heterocycles. The van der Waals surface area contributed by atoms with Gasteiger partial charge in [0, 0.05) is 12.8 Å². The minimum Gasteiger partial charge on any atom is -0.462 e. The Balaban J connectivity index is 3.75. The van der Waals surface area contributed by atoms with Gasteiger partial charge in [-0.2, -0.15) is 0 Å². The molecule has 0 bridgehead atoms. The number of aliphatic hydroxyl groups is 1. The fourth-order valence-electron chi connectivity index (χ4n) is 7.40. The summed E-state index contributed by atoms with van der Waals surface area (Å²) < 4.78 is 10.7. The number of ether oxygens (including phenoxy) is 2. The number of carbonyl (C=O) groups excluding carboxylic acids is 2. The summed E-state index contributed by atoms with van der Waals surface area (Å²) in [5.74, 6) is -0.686. The molecule has 0 aliphatic heterocycles. The van der Waals surface area contributed by atoms with Crippen LogP contribution in [0.3, 0.4) is 0 Å². The van der Waals surface area contributed by atoms with Gasteiger partial charge in [0.15, 0.2) is 6.10 Å². The predicted molar refractivity (Wildman–Crippen MR) is 351 cm³/mol. The van der Waals surface area contributed by atoms with Crippen LogP contribution in [0.5, 0.6) is 0 Å². The Bertz CT molecular complexity index is 2010. The Kier molecular flexibility index (Phi) is 62.2. The largest absolute Gasteiger partial charge is 0.462 e. The van der Waals surface area contributed by atoms with E-state index >= 15 is 0 Å². The van der Waals surface area contributed by atoms with Crippen molar-refractivity contribution < 1.29 is 24.2 Å². The average Bonchev–Trinajstić information content (AvgIpc) is 3.46. The fraction of sp³-hybridized carbons (Fsp3) is 0.467. The number of esters is 2. The van der Waals surface area contributed by atoms with E-state index in [9.17, 15) is 14.7 Å². The molecule has 80 heavy (non-hydrogen) atoms. The van der Waals surface area contributed by atoms with Crippen molar-refractivity contribution in [3.8, 4) is 0 Å². The molecule has 0 aliphatic carbocycles. The lowest BCUT2D eigenvalue weighted by Gasteiger charge is -2.15. The maximum absolute atomic E-state index is 12.3. The second-order valence-corrected chi connectivity index (χ2v) is 19.3. The van der Waals surface area contributed by atoms with Crippen molar-refractivity contribution in [3.63, 3.8) is 0 Å². The fourth-order valence-corrected chi connectivity index (χ4v) is 7.40. The molecule has 1 N–H and O–H groups in total. The first-order valence-electron chi connectivity index (χ1n) is 30.9. The Hall–Kier alpha value is -6.04. The minimum absolute atomic E-state index is 0.111. The second kappa shape index (κ2) is 67.2. The van der Waals surface area contributed by atoms with Crippen LogP contribution in [0.25, 0.3) is 0 Å². The third-order valence-electron chi connectivity index (χ3n) is 12.0. The molecule has 0 rings (SSSR count). The molecule has 5 nitrogen and oxygen atoms in total. The van der Waals surface area contributed by atoms with E-state index in [1.807, 2.05) is 0 Å². The maximum Gasteiger partial charge on any atom is 0.306 e. The zero-order valence-electron chi connectivity index (χ0n) is 50.2. The van der Waals surface area contributed by atoms with Crippen molar-refractivity contribution in [2.24, 2.45) is 0 Å². The molecule has 0 aromatic heterocycles. The molecule has 0 radical (unpaired) electrons. The Morgan fingerprint density at radius 1 is 0.287 bits per heavy atom. The zero-order chi connectivity index (χ0) is 57.6. The lowest BCUT2D eigenvalue weighted by Crippen LogP contribution is -2.28. The van der Waals surface area contributed by atoms with Gasteiger partial charge in [0.25, 0.3) is 0 Å². The van der Waals surface area contributed by atoms with E-state index in [1.54, 1.807) is 0 Å². The summed E-state index contributed by atoms with van der Waals surface area (Å²) in [5.41, 5.74) is 0. The molecular formula is C75H110O5. The molecule has 0 aromatic carbocycles. The van der Waals surface area contributed by atoms with E-state index in [-0.39, 0.29) is 31.6 Å². The normalized spacial score (nSPS) is 13.9. The topological polar surface area (TPSA) is 72.8 Å². The number of rotatable bonds is 53. The first-order valence-corrected chi connectivity index (χ1v) is 30.9. The van der Waals surface area contributed by atoms with Crippen LogP contribution in [0.4, 0.5) is 0 Å². The molecule has 0 aliphatic rings. The van der Waals surface area contributed by atoms with Crippen molar-refractivity contribution in [1.82, 2.24) is 0 Å². The quantitative estimate of drug-likeness (QED) is 0.0373. The van der Waals surface area contributed by atoms with Crippen LogP contribution in [-0.2, 0) is 19.1 Å². The van der Waals surface area contributed by atoms with Crippen LogP contribution in [0.2, 0.25) is 0 Å². The highest BCUT2D eigenvalue weighted by atomic mass is 16.6. The Labute approximate surface area is 490 Å². The molecule has 0 aromatic rings. The van der Waals surface area contributed by atoms with Crippen LogP contribution in [-0.4, -0.2) is 36.4 Å². The summed E-state index contributed by atoms with van der Waals surface area (Å²) in [6, 6.07) is 0.